The van der Waals surface area contributed by atoms with Crippen molar-refractivity contribution in [3.05, 3.63) is 24.0 Å². The lowest BCUT2D eigenvalue weighted by Crippen LogP contribution is -2.34. The zero-order valence-electron chi connectivity index (χ0n) is 10.3. The van der Waals surface area contributed by atoms with Gasteiger partial charge in [-0.1, -0.05) is 0 Å². The van der Waals surface area contributed by atoms with Gasteiger partial charge in [0.05, 0.1) is 17.6 Å². The number of nitrogens with zero attached hydrogens (tertiary/aromatic N) is 2. The molecule has 0 aromatic carbocycles. The average molecular weight is 235 g/mol. The molecule has 3 N–H and O–H groups in total. The van der Waals surface area contributed by atoms with Gasteiger partial charge in [0, 0.05) is 25.7 Å². The number of aliphatic hydroxyl groups excluding tert-OH is 1. The van der Waals surface area contributed by atoms with Gasteiger partial charge in [-0.05, 0) is 37.8 Å². The molecule has 1 aliphatic heterocycles. The summed E-state index contributed by atoms with van der Waals surface area (Å²) in [6, 6.07) is 4.08. The molecule has 0 radical (unpaired) electrons. The highest BCUT2D eigenvalue weighted by Crippen LogP contribution is 2.22. The summed E-state index contributed by atoms with van der Waals surface area (Å²) in [5, 5.41) is 9.10. The van der Waals surface area contributed by atoms with Crippen LogP contribution in [0.15, 0.2) is 18.3 Å². The molecule has 0 spiro atoms. The smallest absolute Gasteiger partial charge is 0.0569 e. The van der Waals surface area contributed by atoms with Crippen molar-refractivity contribution in [2.45, 2.75) is 25.8 Å². The molecule has 1 aliphatic rings. The number of piperidine rings is 1. The molecule has 1 fully saturated rings. The minimum absolute atomic E-state index is 0.0100. The van der Waals surface area contributed by atoms with Crippen LogP contribution in [0.3, 0.4) is 0 Å². The zero-order valence-corrected chi connectivity index (χ0v) is 10.3. The van der Waals surface area contributed by atoms with E-state index in [1.54, 1.807) is 0 Å². The maximum atomic E-state index is 9.10. The van der Waals surface area contributed by atoms with Gasteiger partial charge in [-0.3, -0.25) is 4.98 Å². The van der Waals surface area contributed by atoms with Crippen LogP contribution in [0.25, 0.3) is 0 Å². The van der Waals surface area contributed by atoms with Crippen LogP contribution in [0.1, 0.15) is 31.5 Å². The summed E-state index contributed by atoms with van der Waals surface area (Å²) in [5.41, 5.74) is 7.86. The molecule has 0 saturated carbocycles. The first kappa shape index (κ1) is 12.3. The standard InChI is InChI=1S/C13H21N3O/c1-10(14)13-3-2-12(8-15-13)16-6-4-11(9-17)5-7-16/h2-3,8,10-11,17H,4-7,9,14H2,1H3. The van der Waals surface area contributed by atoms with Crippen molar-refractivity contribution in [2.24, 2.45) is 11.7 Å². The second kappa shape index (κ2) is 5.47. The first-order valence-electron chi connectivity index (χ1n) is 6.28. The molecular formula is C13H21N3O. The third-order valence-corrected chi connectivity index (χ3v) is 3.48. The predicted octanol–water partition coefficient (Wildman–Crippen LogP) is 1.31. The van der Waals surface area contributed by atoms with E-state index < -0.39 is 0 Å². The fraction of sp³-hybridized carbons (Fsp3) is 0.615. The van der Waals surface area contributed by atoms with Crippen molar-refractivity contribution >= 4 is 5.69 Å². The molecular weight excluding hydrogens is 214 g/mol. The SMILES string of the molecule is CC(N)c1ccc(N2CCC(CO)CC2)cn1. The number of nitrogens with two attached hydrogens (primary N) is 1. The third-order valence-electron chi connectivity index (χ3n) is 3.48. The Morgan fingerprint density at radius 1 is 1.47 bits per heavy atom. The summed E-state index contributed by atoms with van der Waals surface area (Å²) < 4.78 is 0. The Labute approximate surface area is 102 Å². The van der Waals surface area contributed by atoms with E-state index in [-0.39, 0.29) is 6.04 Å². The maximum absolute atomic E-state index is 9.10. The number of aromatic nitrogens is 1. The maximum Gasteiger partial charge on any atom is 0.0569 e. The molecule has 1 atom stereocenters. The minimum atomic E-state index is -0.0100. The summed E-state index contributed by atoms with van der Waals surface area (Å²) in [4.78, 5) is 6.70. The first-order valence-corrected chi connectivity index (χ1v) is 6.28. The first-order chi connectivity index (χ1) is 8.20. The van der Waals surface area contributed by atoms with Crippen molar-refractivity contribution in [3.8, 4) is 0 Å². The Bertz CT molecular complexity index is 342. The fourth-order valence-electron chi connectivity index (χ4n) is 2.23. The molecule has 4 heteroatoms. The van der Waals surface area contributed by atoms with Crippen LogP contribution >= 0.6 is 0 Å². The van der Waals surface area contributed by atoms with Gasteiger partial charge in [-0.15, -0.1) is 0 Å². The molecule has 0 aliphatic carbocycles. The monoisotopic (exact) mass is 235 g/mol. The van der Waals surface area contributed by atoms with E-state index in [4.69, 9.17) is 10.8 Å². The largest absolute Gasteiger partial charge is 0.396 e. The van der Waals surface area contributed by atoms with Crippen LogP contribution in [0.2, 0.25) is 0 Å². The van der Waals surface area contributed by atoms with E-state index in [0.717, 1.165) is 37.3 Å². The summed E-state index contributed by atoms with van der Waals surface area (Å²) in [5.74, 6) is 0.475. The summed E-state index contributed by atoms with van der Waals surface area (Å²) in [6.07, 6.45) is 4.02. The molecule has 4 nitrogen and oxygen atoms in total. The highest BCUT2D eigenvalue weighted by molar-refractivity contribution is 5.45. The Morgan fingerprint density at radius 3 is 2.65 bits per heavy atom. The van der Waals surface area contributed by atoms with Crippen LogP contribution in [0.4, 0.5) is 5.69 Å². The van der Waals surface area contributed by atoms with Gasteiger partial charge in [-0.25, -0.2) is 0 Å². The summed E-state index contributed by atoms with van der Waals surface area (Å²) >= 11 is 0. The number of aliphatic hydroxyl groups is 1. The highest BCUT2D eigenvalue weighted by atomic mass is 16.3. The average Bonchev–Trinajstić information content (AvgIpc) is 2.39. The van der Waals surface area contributed by atoms with Gasteiger partial charge in [0.15, 0.2) is 0 Å². The molecule has 2 rings (SSSR count). The van der Waals surface area contributed by atoms with Crippen molar-refractivity contribution in [1.29, 1.82) is 0 Å². The molecule has 94 valence electrons. The predicted molar refractivity (Wildman–Crippen MR) is 68.9 cm³/mol. The van der Waals surface area contributed by atoms with Crippen LogP contribution < -0.4 is 10.6 Å². The Hall–Kier alpha value is -1.13. The van der Waals surface area contributed by atoms with Crippen molar-refractivity contribution in [1.82, 2.24) is 4.98 Å². The number of pyridine rings is 1. The molecule has 2 heterocycles. The lowest BCUT2D eigenvalue weighted by molar-refractivity contribution is 0.203. The number of hydrogen-bond acceptors (Lipinski definition) is 4. The topological polar surface area (TPSA) is 62.4 Å². The number of rotatable bonds is 3. The third kappa shape index (κ3) is 2.96. The molecule has 17 heavy (non-hydrogen) atoms. The second-order valence-electron chi connectivity index (χ2n) is 4.84. The van der Waals surface area contributed by atoms with Crippen LogP contribution in [0, 0.1) is 5.92 Å². The van der Waals surface area contributed by atoms with E-state index >= 15 is 0 Å². The lowest BCUT2D eigenvalue weighted by Gasteiger charge is -2.32. The fourth-order valence-corrected chi connectivity index (χ4v) is 2.23. The Kier molecular flexibility index (Phi) is 3.97. The highest BCUT2D eigenvalue weighted by Gasteiger charge is 2.18. The van der Waals surface area contributed by atoms with E-state index in [2.05, 4.69) is 16.0 Å². The minimum Gasteiger partial charge on any atom is -0.396 e. The summed E-state index contributed by atoms with van der Waals surface area (Å²) in [7, 11) is 0. The molecule has 0 amide bonds. The van der Waals surface area contributed by atoms with E-state index in [1.165, 1.54) is 0 Å². The molecule has 0 bridgehead atoms. The normalized spacial score (nSPS) is 19.4. The number of anilines is 1. The Morgan fingerprint density at radius 2 is 2.18 bits per heavy atom. The van der Waals surface area contributed by atoms with Gasteiger partial charge in [0.25, 0.3) is 0 Å². The molecule has 1 aromatic heterocycles. The lowest BCUT2D eigenvalue weighted by atomic mass is 9.97. The van der Waals surface area contributed by atoms with Crippen molar-refractivity contribution in [3.63, 3.8) is 0 Å². The van der Waals surface area contributed by atoms with Crippen molar-refractivity contribution in [2.75, 3.05) is 24.6 Å². The quantitative estimate of drug-likeness (QED) is 0.829. The van der Waals surface area contributed by atoms with Crippen LogP contribution in [-0.4, -0.2) is 29.8 Å². The van der Waals surface area contributed by atoms with Crippen molar-refractivity contribution < 1.29 is 5.11 Å². The summed E-state index contributed by atoms with van der Waals surface area (Å²) in [6.45, 7) is 4.26. The molecule has 1 saturated heterocycles. The van der Waals surface area contributed by atoms with Gasteiger partial charge in [0.1, 0.15) is 0 Å². The van der Waals surface area contributed by atoms with Gasteiger partial charge in [0.2, 0.25) is 0 Å². The van der Waals surface area contributed by atoms with Crippen LogP contribution in [-0.2, 0) is 0 Å². The van der Waals surface area contributed by atoms with Crippen LogP contribution in [0.5, 0.6) is 0 Å². The number of hydrogen-bond donors (Lipinski definition) is 2. The molecule has 1 aromatic rings. The van der Waals surface area contributed by atoms with E-state index in [9.17, 15) is 0 Å². The second-order valence-corrected chi connectivity index (χ2v) is 4.84. The van der Waals surface area contributed by atoms with E-state index in [0.29, 0.717) is 12.5 Å². The van der Waals surface area contributed by atoms with Gasteiger partial charge >= 0.3 is 0 Å². The van der Waals surface area contributed by atoms with E-state index in [1.807, 2.05) is 19.2 Å². The Balaban J connectivity index is 1.99. The van der Waals surface area contributed by atoms with Gasteiger partial charge < -0.3 is 15.7 Å². The van der Waals surface area contributed by atoms with Gasteiger partial charge in [-0.2, -0.15) is 0 Å². The zero-order chi connectivity index (χ0) is 12.3. The molecule has 1 unspecified atom stereocenters.